The predicted molar refractivity (Wildman–Crippen MR) is 76.3 cm³/mol. The Morgan fingerprint density at radius 3 is 2.12 bits per heavy atom. The molecular formula is C13H20N2OS. The average molecular weight is 252 g/mol. The Morgan fingerprint density at radius 2 is 1.71 bits per heavy atom. The zero-order valence-electron chi connectivity index (χ0n) is 11.1. The van der Waals surface area contributed by atoms with E-state index in [0.29, 0.717) is 0 Å². The van der Waals surface area contributed by atoms with Crippen LogP contribution in [0.2, 0.25) is 0 Å². The molecule has 0 aromatic heterocycles. The van der Waals surface area contributed by atoms with Crippen molar-refractivity contribution in [1.82, 2.24) is 0 Å². The Morgan fingerprint density at radius 1 is 1.18 bits per heavy atom. The molecule has 0 N–H and O–H groups in total. The summed E-state index contributed by atoms with van der Waals surface area (Å²) in [5, 5.41) is 0. The minimum atomic E-state index is -1.19. The predicted octanol–water partition coefficient (Wildman–Crippen LogP) is 2.63. The van der Waals surface area contributed by atoms with E-state index >= 15 is 0 Å². The largest absolute Gasteiger partial charge is 0.378 e. The molecule has 0 saturated heterocycles. The van der Waals surface area contributed by atoms with Crippen LogP contribution in [0.15, 0.2) is 28.7 Å². The van der Waals surface area contributed by atoms with Gasteiger partial charge in [0, 0.05) is 26.0 Å². The Balaban J connectivity index is 2.76. The van der Waals surface area contributed by atoms with E-state index in [4.69, 9.17) is 0 Å². The monoisotopic (exact) mass is 252 g/mol. The van der Waals surface area contributed by atoms with Gasteiger partial charge in [0.25, 0.3) is 0 Å². The fraction of sp³-hybridized carbons (Fsp3) is 0.462. The molecule has 0 heterocycles. The van der Waals surface area contributed by atoms with Crippen molar-refractivity contribution in [1.29, 1.82) is 0 Å². The van der Waals surface area contributed by atoms with Crippen LogP contribution in [-0.4, -0.2) is 29.3 Å². The van der Waals surface area contributed by atoms with E-state index in [1.807, 2.05) is 64.0 Å². The molecule has 0 amide bonds. The average Bonchev–Trinajstić information content (AvgIpc) is 2.25. The van der Waals surface area contributed by atoms with Gasteiger partial charge in [-0.3, -0.25) is 0 Å². The minimum Gasteiger partial charge on any atom is -0.378 e. The maximum absolute atomic E-state index is 11.7. The molecule has 4 heteroatoms. The molecule has 1 aromatic rings. The zero-order chi connectivity index (χ0) is 13.1. The van der Waals surface area contributed by atoms with Crippen molar-refractivity contribution in [3.63, 3.8) is 0 Å². The Hall–Kier alpha value is -1.16. The maximum atomic E-state index is 11.7. The first kappa shape index (κ1) is 13.9. The quantitative estimate of drug-likeness (QED) is 0.775. The van der Waals surface area contributed by atoms with Crippen molar-refractivity contribution in [2.24, 2.45) is 4.40 Å². The van der Waals surface area contributed by atoms with Crippen molar-refractivity contribution in [2.45, 2.75) is 25.5 Å². The third-order valence-electron chi connectivity index (χ3n) is 2.23. The summed E-state index contributed by atoms with van der Waals surface area (Å²) in [6.45, 7) is 5.74. The lowest BCUT2D eigenvalue weighted by atomic mass is 10.2. The number of benzene rings is 1. The highest BCUT2D eigenvalue weighted by Gasteiger charge is 2.17. The van der Waals surface area contributed by atoms with Crippen LogP contribution in [0.1, 0.15) is 26.3 Å². The highest BCUT2D eigenvalue weighted by molar-refractivity contribution is 7.85. The van der Waals surface area contributed by atoms with Gasteiger partial charge in [-0.2, -0.15) is 4.40 Å². The van der Waals surface area contributed by atoms with Crippen LogP contribution in [-0.2, 0) is 11.0 Å². The fourth-order valence-corrected chi connectivity index (χ4v) is 1.66. The molecular weight excluding hydrogens is 232 g/mol. The molecule has 0 aliphatic heterocycles. The second kappa shape index (κ2) is 5.45. The molecule has 0 aliphatic carbocycles. The molecule has 0 bridgehead atoms. The lowest BCUT2D eigenvalue weighted by Crippen LogP contribution is -2.19. The van der Waals surface area contributed by atoms with E-state index in [1.165, 1.54) is 0 Å². The zero-order valence-corrected chi connectivity index (χ0v) is 11.9. The van der Waals surface area contributed by atoms with E-state index < -0.39 is 11.0 Å². The highest BCUT2D eigenvalue weighted by atomic mass is 32.2. The third-order valence-corrected chi connectivity index (χ3v) is 3.58. The molecule has 1 rings (SSSR count). The van der Waals surface area contributed by atoms with Crippen LogP contribution in [0.5, 0.6) is 0 Å². The van der Waals surface area contributed by atoms with Crippen molar-refractivity contribution in [3.8, 4) is 0 Å². The molecule has 0 spiro atoms. The SMILES string of the molecule is CN(C)c1ccc(/C=N/[S@@](=O)C(C)(C)C)cc1. The summed E-state index contributed by atoms with van der Waals surface area (Å²) in [5.41, 5.74) is 2.10. The summed E-state index contributed by atoms with van der Waals surface area (Å²) in [5.74, 6) is 0. The second-order valence-corrected chi connectivity index (χ2v) is 7.02. The summed E-state index contributed by atoms with van der Waals surface area (Å²) in [7, 11) is 2.80. The molecule has 0 radical (unpaired) electrons. The Bertz CT molecular complexity index is 416. The van der Waals surface area contributed by atoms with Crippen LogP contribution in [0.4, 0.5) is 5.69 Å². The first-order valence-electron chi connectivity index (χ1n) is 5.54. The summed E-state index contributed by atoms with van der Waals surface area (Å²) >= 11 is 0. The first-order valence-corrected chi connectivity index (χ1v) is 6.65. The van der Waals surface area contributed by atoms with Crippen LogP contribution < -0.4 is 4.90 Å². The van der Waals surface area contributed by atoms with Gasteiger partial charge in [-0.05, 0) is 38.5 Å². The molecule has 1 aromatic carbocycles. The van der Waals surface area contributed by atoms with Crippen molar-refractivity contribution >= 4 is 22.9 Å². The standard InChI is InChI=1S/C13H20N2OS/c1-13(2,3)17(16)14-10-11-6-8-12(9-7-11)15(4)5/h6-10H,1-5H3/b14-10+/t17-/m0/s1. The van der Waals surface area contributed by atoms with Gasteiger partial charge < -0.3 is 4.90 Å². The van der Waals surface area contributed by atoms with Gasteiger partial charge in [0.05, 0.1) is 4.75 Å². The fourth-order valence-electron chi connectivity index (χ4n) is 1.13. The lowest BCUT2D eigenvalue weighted by Gasteiger charge is -2.13. The Kier molecular flexibility index (Phi) is 4.46. The molecule has 0 fully saturated rings. The number of nitrogens with zero attached hydrogens (tertiary/aromatic N) is 2. The smallest absolute Gasteiger partial charge is 0.144 e. The topological polar surface area (TPSA) is 32.7 Å². The lowest BCUT2D eigenvalue weighted by molar-refractivity contribution is 0.651. The van der Waals surface area contributed by atoms with Gasteiger partial charge in [-0.25, -0.2) is 4.21 Å². The minimum absolute atomic E-state index is 0.305. The molecule has 94 valence electrons. The Labute approximate surface area is 106 Å². The summed E-state index contributed by atoms with van der Waals surface area (Å²) < 4.78 is 15.5. The van der Waals surface area contributed by atoms with Gasteiger partial charge in [0.1, 0.15) is 11.0 Å². The second-order valence-electron chi connectivity index (χ2n) is 5.08. The molecule has 0 aliphatic rings. The highest BCUT2D eigenvalue weighted by Crippen LogP contribution is 2.14. The van der Waals surface area contributed by atoms with Gasteiger partial charge in [0.2, 0.25) is 0 Å². The van der Waals surface area contributed by atoms with Gasteiger partial charge in [0.15, 0.2) is 0 Å². The van der Waals surface area contributed by atoms with Crippen molar-refractivity contribution < 1.29 is 4.21 Å². The van der Waals surface area contributed by atoms with E-state index in [0.717, 1.165) is 11.3 Å². The number of anilines is 1. The summed E-state index contributed by atoms with van der Waals surface area (Å²) in [6, 6.07) is 7.97. The molecule has 0 unspecified atom stereocenters. The number of hydrogen-bond acceptors (Lipinski definition) is 2. The van der Waals surface area contributed by atoms with Gasteiger partial charge in [-0.15, -0.1) is 0 Å². The van der Waals surface area contributed by atoms with Gasteiger partial charge in [-0.1, -0.05) is 12.1 Å². The van der Waals surface area contributed by atoms with Crippen LogP contribution in [0.3, 0.4) is 0 Å². The number of hydrogen-bond donors (Lipinski definition) is 0. The van der Waals surface area contributed by atoms with Crippen LogP contribution in [0.25, 0.3) is 0 Å². The summed E-state index contributed by atoms with van der Waals surface area (Å²) in [4.78, 5) is 2.04. The molecule has 3 nitrogen and oxygen atoms in total. The van der Waals surface area contributed by atoms with Crippen molar-refractivity contribution in [3.05, 3.63) is 29.8 Å². The first-order chi connectivity index (χ1) is 7.80. The normalized spacial score (nSPS) is 13.9. The van der Waals surface area contributed by atoms with E-state index in [2.05, 4.69) is 4.40 Å². The molecule has 0 saturated carbocycles. The summed E-state index contributed by atoms with van der Waals surface area (Å²) in [6.07, 6.45) is 1.67. The maximum Gasteiger partial charge on any atom is 0.144 e. The number of rotatable bonds is 3. The third kappa shape index (κ3) is 4.30. The van der Waals surface area contributed by atoms with E-state index in [9.17, 15) is 4.21 Å². The van der Waals surface area contributed by atoms with Gasteiger partial charge >= 0.3 is 0 Å². The van der Waals surface area contributed by atoms with Crippen LogP contribution >= 0.6 is 0 Å². The molecule has 1 atom stereocenters. The van der Waals surface area contributed by atoms with Crippen molar-refractivity contribution in [2.75, 3.05) is 19.0 Å². The van der Waals surface area contributed by atoms with Crippen LogP contribution in [0, 0.1) is 0 Å². The molecule has 17 heavy (non-hydrogen) atoms. The van der Waals surface area contributed by atoms with E-state index in [-0.39, 0.29) is 4.75 Å². The van der Waals surface area contributed by atoms with E-state index in [1.54, 1.807) is 6.21 Å².